The number of rotatable bonds is 1. The molecule has 0 bridgehead atoms. The largest absolute Gasteiger partial charge is 0.378 e. The van der Waals surface area contributed by atoms with Crippen LogP contribution in [0.15, 0.2) is 18.5 Å². The molecule has 7 heteroatoms. The van der Waals surface area contributed by atoms with Gasteiger partial charge in [-0.15, -0.1) is 0 Å². The van der Waals surface area contributed by atoms with Crippen LogP contribution in [0.3, 0.4) is 0 Å². The van der Waals surface area contributed by atoms with Gasteiger partial charge < -0.3 is 9.64 Å². The first-order valence-corrected chi connectivity index (χ1v) is 5.18. The second-order valence-corrected chi connectivity index (χ2v) is 2.90. The van der Waals surface area contributed by atoms with Crippen molar-refractivity contribution in [1.29, 1.82) is 4.78 Å². The van der Waals surface area contributed by atoms with E-state index in [-0.39, 0.29) is 11.5 Å². The summed E-state index contributed by atoms with van der Waals surface area (Å²) in [7, 11) is 0. The normalized spacial score (nSPS) is 15.1. The van der Waals surface area contributed by atoms with Crippen LogP contribution in [0, 0.1) is 4.78 Å². The van der Waals surface area contributed by atoms with E-state index in [0.717, 1.165) is 32.3 Å². The van der Waals surface area contributed by atoms with Gasteiger partial charge in [-0.1, -0.05) is 0 Å². The predicted molar refractivity (Wildman–Crippen MR) is 55.9 cm³/mol. The molecule has 1 aliphatic rings. The number of anilines is 1. The van der Waals surface area contributed by atoms with E-state index in [2.05, 4.69) is 14.9 Å². The van der Waals surface area contributed by atoms with Gasteiger partial charge >= 0.3 is 0 Å². The lowest BCUT2D eigenvalue weighted by Gasteiger charge is -2.26. The first-order chi connectivity index (χ1) is 7.38. The summed E-state index contributed by atoms with van der Waals surface area (Å²) in [4.78, 5) is 10.5. The molecule has 1 aromatic rings. The van der Waals surface area contributed by atoms with Crippen molar-refractivity contribution in [1.82, 2.24) is 9.97 Å². The Morgan fingerprint density at radius 1 is 1.33 bits per heavy atom. The Hall–Kier alpha value is -1.34. The molecule has 2 heterocycles. The van der Waals surface area contributed by atoms with E-state index in [0.29, 0.717) is 0 Å². The van der Waals surface area contributed by atoms with Crippen LogP contribution < -0.4 is 4.90 Å². The minimum atomic E-state index is -0.250. The van der Waals surface area contributed by atoms with E-state index in [1.54, 1.807) is 12.4 Å². The van der Waals surface area contributed by atoms with Crippen LogP contribution in [0.5, 0.6) is 0 Å². The summed E-state index contributed by atoms with van der Waals surface area (Å²) in [6, 6.07) is 1.82. The van der Waals surface area contributed by atoms with Crippen molar-refractivity contribution in [3.8, 4) is 0 Å². The molecule has 15 heavy (non-hydrogen) atoms. The van der Waals surface area contributed by atoms with Gasteiger partial charge in [0.25, 0.3) is 0 Å². The maximum absolute atomic E-state index is 8.51. The van der Waals surface area contributed by atoms with Gasteiger partial charge in [-0.05, 0) is 6.07 Å². The minimum Gasteiger partial charge on any atom is -0.378 e. The number of hydrogen-bond acceptors (Lipinski definition) is 6. The Kier molecular flexibility index (Phi) is 5.49. The molecule has 1 saturated heterocycles. The SMILES string of the molecule is N=S=O.c1cnc(N2CCOCC2)nc1. The fraction of sp³-hybridized carbons (Fsp3) is 0.500. The number of aromatic nitrogens is 2. The quantitative estimate of drug-likeness (QED) is 0.746. The number of morpholine rings is 1. The Balaban J connectivity index is 0.000000337. The van der Waals surface area contributed by atoms with Crippen molar-refractivity contribution in [2.24, 2.45) is 0 Å². The van der Waals surface area contributed by atoms with Gasteiger partial charge in [0, 0.05) is 25.5 Å². The zero-order valence-corrected chi connectivity index (χ0v) is 8.94. The third kappa shape index (κ3) is 4.13. The van der Waals surface area contributed by atoms with Gasteiger partial charge in [-0.25, -0.2) is 14.7 Å². The highest BCUT2D eigenvalue weighted by atomic mass is 32.1. The lowest BCUT2D eigenvalue weighted by Crippen LogP contribution is -2.37. The summed E-state index contributed by atoms with van der Waals surface area (Å²) in [5.41, 5.74) is 0. The molecule has 82 valence electrons. The number of nitrogens with one attached hydrogen (secondary N) is 1. The predicted octanol–water partition coefficient (Wildman–Crippen LogP) is 0.275. The van der Waals surface area contributed by atoms with Crippen LogP contribution in [0.4, 0.5) is 5.95 Å². The summed E-state index contributed by atoms with van der Waals surface area (Å²) < 4.78 is 19.3. The van der Waals surface area contributed by atoms with Crippen LogP contribution in [-0.2, 0) is 16.2 Å². The highest BCUT2D eigenvalue weighted by Gasteiger charge is 2.11. The second kappa shape index (κ2) is 7.02. The molecular formula is C8H12N4O2S. The van der Waals surface area contributed by atoms with Crippen molar-refractivity contribution in [3.63, 3.8) is 0 Å². The molecule has 1 aliphatic heterocycles. The lowest BCUT2D eigenvalue weighted by atomic mass is 10.4. The van der Waals surface area contributed by atoms with Crippen molar-refractivity contribution in [2.45, 2.75) is 0 Å². The Morgan fingerprint density at radius 2 is 1.87 bits per heavy atom. The van der Waals surface area contributed by atoms with Crippen molar-refractivity contribution in [2.75, 3.05) is 31.2 Å². The van der Waals surface area contributed by atoms with Crippen LogP contribution in [0.2, 0.25) is 0 Å². The van der Waals surface area contributed by atoms with E-state index in [1.807, 2.05) is 6.07 Å². The average molecular weight is 228 g/mol. The Bertz CT molecular complexity index is 310. The molecule has 6 nitrogen and oxygen atoms in total. The van der Waals surface area contributed by atoms with E-state index < -0.39 is 0 Å². The zero-order chi connectivity index (χ0) is 10.9. The Labute approximate surface area is 91.3 Å². The van der Waals surface area contributed by atoms with Crippen LogP contribution in [0.1, 0.15) is 0 Å². The molecule has 0 aromatic carbocycles. The topological polar surface area (TPSA) is 79.2 Å². The highest BCUT2D eigenvalue weighted by molar-refractivity contribution is 7.53. The van der Waals surface area contributed by atoms with E-state index in [9.17, 15) is 0 Å². The maximum atomic E-state index is 8.51. The maximum Gasteiger partial charge on any atom is 0.225 e. The van der Waals surface area contributed by atoms with E-state index >= 15 is 0 Å². The molecule has 1 fully saturated rings. The summed E-state index contributed by atoms with van der Waals surface area (Å²) in [5.74, 6) is 0.806. The molecule has 0 saturated carbocycles. The van der Waals surface area contributed by atoms with Gasteiger partial charge in [0.15, 0.2) is 11.5 Å². The van der Waals surface area contributed by atoms with Gasteiger partial charge in [0.05, 0.1) is 13.2 Å². The standard InChI is InChI=1S/C8H11N3O.HNOS/c1-2-9-8(10-3-1)11-4-6-12-7-5-11;1-3-2/h1-3H,4-7H2;1H. The molecule has 1 N–H and O–H groups in total. The second-order valence-electron chi connectivity index (χ2n) is 2.73. The number of hydrogen-bond donors (Lipinski definition) is 1. The fourth-order valence-corrected chi connectivity index (χ4v) is 1.22. The van der Waals surface area contributed by atoms with Gasteiger partial charge in [-0.3, -0.25) is 0 Å². The summed E-state index contributed by atoms with van der Waals surface area (Å²) in [5, 5.41) is 0. The highest BCUT2D eigenvalue weighted by Crippen LogP contribution is 2.06. The van der Waals surface area contributed by atoms with Crippen LogP contribution >= 0.6 is 0 Å². The van der Waals surface area contributed by atoms with Crippen molar-refractivity contribution in [3.05, 3.63) is 18.5 Å². The first kappa shape index (κ1) is 11.7. The monoisotopic (exact) mass is 228 g/mol. The average Bonchev–Trinajstić information content (AvgIpc) is 2.32. The minimum absolute atomic E-state index is 0.250. The zero-order valence-electron chi connectivity index (χ0n) is 8.13. The van der Waals surface area contributed by atoms with Gasteiger partial charge in [0.2, 0.25) is 5.95 Å². The first-order valence-electron chi connectivity index (χ1n) is 4.43. The van der Waals surface area contributed by atoms with Crippen LogP contribution in [0.25, 0.3) is 0 Å². The number of nitrogens with zero attached hydrogens (tertiary/aromatic N) is 3. The lowest BCUT2D eigenvalue weighted by molar-refractivity contribution is 0.122. The smallest absolute Gasteiger partial charge is 0.225 e. The molecular weight excluding hydrogens is 216 g/mol. The third-order valence-electron chi connectivity index (χ3n) is 1.85. The molecule has 0 radical (unpaired) electrons. The molecule has 2 rings (SSSR count). The summed E-state index contributed by atoms with van der Waals surface area (Å²) in [6.45, 7) is 3.34. The van der Waals surface area contributed by atoms with Crippen molar-refractivity contribution >= 4 is 17.4 Å². The van der Waals surface area contributed by atoms with Crippen molar-refractivity contribution < 1.29 is 8.95 Å². The Morgan fingerprint density at radius 3 is 2.40 bits per heavy atom. The fourth-order valence-electron chi connectivity index (χ4n) is 1.22. The van der Waals surface area contributed by atoms with Crippen LogP contribution in [-0.4, -0.2) is 40.5 Å². The number of ether oxygens (including phenoxy) is 1. The molecule has 0 spiro atoms. The third-order valence-corrected chi connectivity index (χ3v) is 1.85. The summed E-state index contributed by atoms with van der Waals surface area (Å²) >= 11 is -0.250. The van der Waals surface area contributed by atoms with E-state index in [1.165, 1.54) is 0 Å². The van der Waals surface area contributed by atoms with E-state index in [4.69, 9.17) is 13.7 Å². The molecule has 0 aliphatic carbocycles. The summed E-state index contributed by atoms with van der Waals surface area (Å²) in [6.07, 6.45) is 3.52. The molecule has 1 aromatic heterocycles. The molecule has 0 unspecified atom stereocenters. The molecule has 0 amide bonds. The van der Waals surface area contributed by atoms with Gasteiger partial charge in [0.1, 0.15) is 0 Å². The molecule has 0 atom stereocenters. The van der Waals surface area contributed by atoms with Gasteiger partial charge in [-0.2, -0.15) is 4.21 Å².